The van der Waals surface area contributed by atoms with Crippen LogP contribution in [0.4, 0.5) is 0 Å². The zero-order valence-electron chi connectivity index (χ0n) is 19.9. The number of hydrogen-bond donors (Lipinski definition) is 1. The number of carboxylic acid groups (broad SMARTS) is 1. The van der Waals surface area contributed by atoms with Crippen LogP contribution < -0.4 is 9.47 Å². The highest BCUT2D eigenvalue weighted by molar-refractivity contribution is 5.99. The first-order valence-corrected chi connectivity index (χ1v) is 11.7. The summed E-state index contributed by atoms with van der Waals surface area (Å²) >= 11 is 0. The van der Waals surface area contributed by atoms with E-state index in [-0.39, 0.29) is 34.8 Å². The summed E-state index contributed by atoms with van der Waals surface area (Å²) < 4.78 is 12.0. The first-order chi connectivity index (χ1) is 15.8. The van der Waals surface area contributed by atoms with Crippen molar-refractivity contribution in [2.75, 3.05) is 0 Å². The van der Waals surface area contributed by atoms with Crippen molar-refractivity contribution in [3.05, 3.63) is 51.6 Å². The number of carbonyl (C=O) groups is 3. The van der Waals surface area contributed by atoms with Gasteiger partial charge in [-0.3, -0.25) is 4.79 Å². The third-order valence-corrected chi connectivity index (χ3v) is 5.93. The number of Topliss-reactive ketones (excluding diaryl/α,β-unsaturated/α-hetero) is 1. The second kappa shape index (κ2) is 10.6. The van der Waals surface area contributed by atoms with Crippen LogP contribution in [-0.2, 0) is 17.6 Å². The largest absolute Gasteiger partial charge is 0.478 e. The summed E-state index contributed by atoms with van der Waals surface area (Å²) in [6.45, 7) is 7.68. The highest BCUT2D eigenvalue weighted by atomic mass is 16.6. The summed E-state index contributed by atoms with van der Waals surface area (Å²) in [7, 11) is 0. The number of carbonyl (C=O) groups excluding carboxylic acids is 2. The molecule has 0 saturated heterocycles. The minimum absolute atomic E-state index is 0.0588. The molecule has 1 N–H and O–H groups in total. The number of rotatable bonds is 10. The van der Waals surface area contributed by atoms with E-state index in [0.29, 0.717) is 35.3 Å². The minimum Gasteiger partial charge on any atom is -0.478 e. The zero-order valence-corrected chi connectivity index (χ0v) is 19.9. The van der Waals surface area contributed by atoms with Crippen molar-refractivity contribution < 1.29 is 29.0 Å². The number of aromatic carboxylic acids is 1. The summed E-state index contributed by atoms with van der Waals surface area (Å²) in [6, 6.07) is 5.10. The minimum atomic E-state index is -1.03. The van der Waals surface area contributed by atoms with Crippen molar-refractivity contribution in [1.82, 2.24) is 0 Å². The molecule has 3 rings (SSSR count). The lowest BCUT2D eigenvalue weighted by atomic mass is 9.95. The molecule has 176 valence electrons. The summed E-state index contributed by atoms with van der Waals surface area (Å²) in [4.78, 5) is 37.7. The molecular formula is C27H32O6. The molecule has 0 spiro atoms. The molecule has 2 aromatic carbocycles. The Morgan fingerprint density at radius 1 is 0.939 bits per heavy atom. The molecule has 2 aromatic rings. The van der Waals surface area contributed by atoms with Gasteiger partial charge in [0.2, 0.25) is 0 Å². The molecule has 6 nitrogen and oxygen atoms in total. The Balaban J connectivity index is 2.12. The molecule has 0 amide bonds. The molecule has 33 heavy (non-hydrogen) atoms. The standard InChI is InChI=1S/C27H32O6/c1-5-7-9-11-20-23(26(29)30)17(4)14-22-25(20)32-21-13-16(3)12-18(24(21)27(31)33-22)15-19(28)10-8-6-2/h12-14H,5-11,15H2,1-4H3,(H,29,30). The summed E-state index contributed by atoms with van der Waals surface area (Å²) in [6.07, 6.45) is 5.54. The number of carboxylic acids is 1. The van der Waals surface area contributed by atoms with Gasteiger partial charge < -0.3 is 14.6 Å². The van der Waals surface area contributed by atoms with Gasteiger partial charge in [-0.1, -0.05) is 39.2 Å². The first kappa shape index (κ1) is 24.5. The number of esters is 1. The smallest absolute Gasteiger partial charge is 0.347 e. The molecule has 0 atom stereocenters. The molecule has 0 unspecified atom stereocenters. The van der Waals surface area contributed by atoms with E-state index < -0.39 is 11.9 Å². The molecule has 0 radical (unpaired) electrons. The number of benzene rings is 2. The van der Waals surface area contributed by atoms with E-state index in [9.17, 15) is 19.5 Å². The molecule has 1 heterocycles. The van der Waals surface area contributed by atoms with Crippen LogP contribution in [-0.4, -0.2) is 22.8 Å². The van der Waals surface area contributed by atoms with Crippen molar-refractivity contribution in [1.29, 1.82) is 0 Å². The van der Waals surface area contributed by atoms with Gasteiger partial charge in [0.1, 0.15) is 17.1 Å². The lowest BCUT2D eigenvalue weighted by Crippen LogP contribution is -2.14. The monoisotopic (exact) mass is 452 g/mol. The normalized spacial score (nSPS) is 12.3. The predicted octanol–water partition coefficient (Wildman–Crippen LogP) is 6.36. The number of fused-ring (bicyclic) bond motifs is 2. The van der Waals surface area contributed by atoms with Gasteiger partial charge in [0, 0.05) is 18.4 Å². The molecule has 6 heteroatoms. The first-order valence-electron chi connectivity index (χ1n) is 11.7. The maximum absolute atomic E-state index is 13.2. The van der Waals surface area contributed by atoms with Gasteiger partial charge in [-0.2, -0.15) is 0 Å². The molecule has 1 aliphatic heterocycles. The van der Waals surface area contributed by atoms with Crippen LogP contribution >= 0.6 is 0 Å². The lowest BCUT2D eigenvalue weighted by molar-refractivity contribution is -0.118. The molecule has 1 aliphatic rings. The SMILES string of the molecule is CCCCCc1c2c(cc(C)c1C(=O)O)OC(=O)c1c(CC(=O)CCCC)cc(C)cc1O2. The number of aryl methyl sites for hydroxylation is 2. The van der Waals surface area contributed by atoms with Crippen LogP contribution in [0.1, 0.15) is 95.3 Å². The number of ether oxygens (including phenoxy) is 2. The lowest BCUT2D eigenvalue weighted by Gasteiger charge is -2.17. The van der Waals surface area contributed by atoms with Gasteiger partial charge in [-0.05, 0) is 61.9 Å². The second-order valence-electron chi connectivity index (χ2n) is 8.74. The van der Waals surface area contributed by atoms with Crippen LogP contribution in [0.25, 0.3) is 0 Å². The Bertz CT molecular complexity index is 1080. The van der Waals surface area contributed by atoms with E-state index in [1.807, 2.05) is 19.9 Å². The highest BCUT2D eigenvalue weighted by Gasteiger charge is 2.31. The Labute approximate surface area is 194 Å². The summed E-state index contributed by atoms with van der Waals surface area (Å²) in [5, 5.41) is 9.88. The fraction of sp³-hybridized carbons (Fsp3) is 0.444. The van der Waals surface area contributed by atoms with E-state index in [1.165, 1.54) is 0 Å². The average molecular weight is 453 g/mol. The molecular weight excluding hydrogens is 420 g/mol. The van der Waals surface area contributed by atoms with Gasteiger partial charge in [0.25, 0.3) is 0 Å². The Morgan fingerprint density at radius 2 is 1.67 bits per heavy atom. The van der Waals surface area contributed by atoms with E-state index in [1.54, 1.807) is 19.1 Å². The van der Waals surface area contributed by atoms with Gasteiger partial charge >= 0.3 is 11.9 Å². The maximum Gasteiger partial charge on any atom is 0.347 e. The van der Waals surface area contributed by atoms with Crippen LogP contribution in [0.2, 0.25) is 0 Å². The second-order valence-corrected chi connectivity index (χ2v) is 8.74. The predicted molar refractivity (Wildman–Crippen MR) is 126 cm³/mol. The van der Waals surface area contributed by atoms with E-state index in [4.69, 9.17) is 9.47 Å². The summed E-state index contributed by atoms with van der Waals surface area (Å²) in [5.74, 6) is -0.782. The third kappa shape index (κ3) is 5.44. The van der Waals surface area contributed by atoms with E-state index in [0.717, 1.165) is 37.7 Å². The van der Waals surface area contributed by atoms with Gasteiger partial charge in [-0.25, -0.2) is 9.59 Å². The molecule has 0 aromatic heterocycles. The van der Waals surface area contributed by atoms with Crippen LogP contribution in [0.15, 0.2) is 18.2 Å². The number of hydrogen-bond acceptors (Lipinski definition) is 5. The van der Waals surface area contributed by atoms with Crippen LogP contribution in [0.3, 0.4) is 0 Å². The number of unbranched alkanes of at least 4 members (excludes halogenated alkanes) is 3. The Hall–Kier alpha value is -3.15. The number of ketones is 1. The Kier molecular flexibility index (Phi) is 7.90. The molecule has 0 saturated carbocycles. The summed E-state index contributed by atoms with van der Waals surface area (Å²) in [5.41, 5.74) is 2.89. The molecule has 0 aliphatic carbocycles. The zero-order chi connectivity index (χ0) is 24.1. The van der Waals surface area contributed by atoms with Crippen molar-refractivity contribution in [2.45, 2.75) is 79.1 Å². The van der Waals surface area contributed by atoms with Crippen LogP contribution in [0.5, 0.6) is 17.2 Å². The fourth-order valence-electron chi connectivity index (χ4n) is 4.32. The topological polar surface area (TPSA) is 89.9 Å². The van der Waals surface area contributed by atoms with Crippen molar-refractivity contribution >= 4 is 17.7 Å². The quantitative estimate of drug-likeness (QED) is 0.256. The van der Waals surface area contributed by atoms with Gasteiger partial charge in [-0.15, -0.1) is 0 Å². The highest BCUT2D eigenvalue weighted by Crippen LogP contribution is 2.44. The van der Waals surface area contributed by atoms with Crippen molar-refractivity contribution in [2.24, 2.45) is 0 Å². The maximum atomic E-state index is 13.2. The van der Waals surface area contributed by atoms with Gasteiger partial charge in [0.05, 0.1) is 5.56 Å². The van der Waals surface area contributed by atoms with E-state index >= 15 is 0 Å². The Morgan fingerprint density at radius 3 is 2.33 bits per heavy atom. The van der Waals surface area contributed by atoms with Gasteiger partial charge in [0.15, 0.2) is 11.5 Å². The third-order valence-electron chi connectivity index (χ3n) is 5.93. The van der Waals surface area contributed by atoms with Crippen molar-refractivity contribution in [3.8, 4) is 17.2 Å². The van der Waals surface area contributed by atoms with Crippen molar-refractivity contribution in [3.63, 3.8) is 0 Å². The van der Waals surface area contributed by atoms with E-state index in [2.05, 4.69) is 6.92 Å². The molecule has 0 bridgehead atoms. The van der Waals surface area contributed by atoms with Crippen LogP contribution in [0, 0.1) is 13.8 Å². The fourth-order valence-corrected chi connectivity index (χ4v) is 4.32. The molecule has 0 fully saturated rings. The average Bonchev–Trinajstić information content (AvgIpc) is 2.87.